The molecule has 1 N–H and O–H groups in total. The largest absolute Gasteiger partial charge is 0.418 e. The predicted molar refractivity (Wildman–Crippen MR) is 67.5 cm³/mol. The van der Waals surface area contributed by atoms with Crippen LogP contribution in [0.1, 0.15) is 24.8 Å². The lowest BCUT2D eigenvalue weighted by molar-refractivity contribution is -0.137. The molecule has 114 valence electrons. The average Bonchev–Trinajstić information content (AvgIpc) is 2.25. The molecule has 1 aromatic rings. The number of anilines is 1. The van der Waals surface area contributed by atoms with Gasteiger partial charge in [0, 0.05) is 23.1 Å². The van der Waals surface area contributed by atoms with Gasteiger partial charge in [-0.3, -0.25) is 0 Å². The zero-order valence-electron chi connectivity index (χ0n) is 10.2. The van der Waals surface area contributed by atoms with Gasteiger partial charge in [-0.15, -0.1) is 0 Å². The molecule has 0 unspecified atom stereocenters. The van der Waals surface area contributed by atoms with Crippen LogP contribution in [0.15, 0.2) is 22.7 Å². The van der Waals surface area contributed by atoms with Gasteiger partial charge in [-0.25, -0.2) is 0 Å². The first-order chi connectivity index (χ1) is 9.09. The summed E-state index contributed by atoms with van der Waals surface area (Å²) in [5.74, 6) is 0. The molecule has 0 amide bonds. The first kappa shape index (κ1) is 17.1. The molecule has 1 aromatic carbocycles. The quantitative estimate of drug-likeness (QED) is 0.529. The van der Waals surface area contributed by atoms with Crippen LogP contribution in [0.5, 0.6) is 0 Å². The van der Waals surface area contributed by atoms with Crippen LogP contribution in [-0.2, 0) is 6.18 Å². The molecule has 0 radical (unpaired) electrons. The van der Waals surface area contributed by atoms with Gasteiger partial charge in [0.2, 0.25) is 0 Å². The van der Waals surface area contributed by atoms with Gasteiger partial charge < -0.3 is 5.32 Å². The highest BCUT2D eigenvalue weighted by Gasteiger charge is 2.33. The van der Waals surface area contributed by atoms with Crippen LogP contribution in [0.2, 0.25) is 0 Å². The zero-order valence-corrected chi connectivity index (χ0v) is 11.8. The number of alkyl halides is 6. The Morgan fingerprint density at radius 2 is 1.65 bits per heavy atom. The van der Waals surface area contributed by atoms with E-state index in [0.29, 0.717) is 4.47 Å². The lowest BCUT2D eigenvalue weighted by atomic mass is 10.1. The van der Waals surface area contributed by atoms with E-state index < -0.39 is 24.3 Å². The molecule has 0 aliphatic rings. The average molecular weight is 364 g/mol. The Morgan fingerprint density at radius 1 is 1.00 bits per heavy atom. The number of halogens is 7. The van der Waals surface area contributed by atoms with Crippen LogP contribution in [0, 0.1) is 0 Å². The van der Waals surface area contributed by atoms with Gasteiger partial charge in [0.15, 0.2) is 0 Å². The highest BCUT2D eigenvalue weighted by Crippen LogP contribution is 2.36. The van der Waals surface area contributed by atoms with Crippen molar-refractivity contribution in [2.24, 2.45) is 0 Å². The Labute approximate surface area is 120 Å². The summed E-state index contributed by atoms with van der Waals surface area (Å²) in [6.45, 7) is 0.0512. The maximum Gasteiger partial charge on any atom is 0.418 e. The Balaban J connectivity index is 2.57. The number of nitrogens with one attached hydrogen (secondary N) is 1. The van der Waals surface area contributed by atoms with Crippen LogP contribution in [-0.4, -0.2) is 12.7 Å². The topological polar surface area (TPSA) is 12.0 Å². The van der Waals surface area contributed by atoms with E-state index in [1.165, 1.54) is 12.1 Å². The van der Waals surface area contributed by atoms with E-state index in [1.807, 2.05) is 0 Å². The molecule has 0 aromatic heterocycles. The molecule has 0 bridgehead atoms. The fourth-order valence-electron chi connectivity index (χ4n) is 1.58. The van der Waals surface area contributed by atoms with E-state index >= 15 is 0 Å². The van der Waals surface area contributed by atoms with Crippen molar-refractivity contribution < 1.29 is 26.3 Å². The zero-order chi connectivity index (χ0) is 15.4. The molecular formula is C12H12BrF6N. The van der Waals surface area contributed by atoms with Gasteiger partial charge in [-0.2, -0.15) is 26.3 Å². The van der Waals surface area contributed by atoms with E-state index in [9.17, 15) is 26.3 Å². The number of hydrogen-bond donors (Lipinski definition) is 1. The maximum atomic E-state index is 12.7. The maximum absolute atomic E-state index is 12.7. The van der Waals surface area contributed by atoms with Gasteiger partial charge in [-0.05, 0) is 31.0 Å². The van der Waals surface area contributed by atoms with Crippen molar-refractivity contribution >= 4 is 21.6 Å². The van der Waals surface area contributed by atoms with Crippen LogP contribution in [0.3, 0.4) is 0 Å². The third-order valence-corrected chi connectivity index (χ3v) is 2.98. The molecule has 1 nitrogen and oxygen atoms in total. The Morgan fingerprint density at radius 3 is 2.20 bits per heavy atom. The van der Waals surface area contributed by atoms with Gasteiger partial charge in [0.1, 0.15) is 0 Å². The minimum absolute atomic E-state index is 0.0512. The third kappa shape index (κ3) is 6.02. The monoisotopic (exact) mass is 363 g/mol. The molecule has 0 atom stereocenters. The third-order valence-electron chi connectivity index (χ3n) is 2.49. The summed E-state index contributed by atoms with van der Waals surface area (Å²) in [4.78, 5) is 0. The first-order valence-electron chi connectivity index (χ1n) is 5.77. The summed E-state index contributed by atoms with van der Waals surface area (Å²) in [5, 5.41) is 2.53. The van der Waals surface area contributed by atoms with E-state index in [-0.39, 0.29) is 25.1 Å². The highest BCUT2D eigenvalue weighted by molar-refractivity contribution is 9.10. The van der Waals surface area contributed by atoms with Gasteiger partial charge in [0.05, 0.1) is 5.56 Å². The smallest absolute Gasteiger partial charge is 0.385 e. The van der Waals surface area contributed by atoms with E-state index in [4.69, 9.17) is 0 Å². The highest BCUT2D eigenvalue weighted by atomic mass is 79.9. The molecule has 0 saturated carbocycles. The normalized spacial score (nSPS) is 12.6. The molecule has 0 aliphatic heterocycles. The Bertz CT molecular complexity index is 441. The molecule has 0 fully saturated rings. The van der Waals surface area contributed by atoms with Crippen molar-refractivity contribution in [3.8, 4) is 0 Å². The van der Waals surface area contributed by atoms with E-state index in [1.54, 1.807) is 0 Å². The van der Waals surface area contributed by atoms with Crippen molar-refractivity contribution in [3.63, 3.8) is 0 Å². The van der Waals surface area contributed by atoms with Crippen LogP contribution in [0.25, 0.3) is 0 Å². The van der Waals surface area contributed by atoms with Crippen LogP contribution >= 0.6 is 15.9 Å². The van der Waals surface area contributed by atoms with Crippen molar-refractivity contribution in [1.82, 2.24) is 0 Å². The SMILES string of the molecule is FC(F)(F)CCCCNc1cc(Br)ccc1C(F)(F)F. The van der Waals surface area contributed by atoms with Gasteiger partial charge >= 0.3 is 12.4 Å². The van der Waals surface area contributed by atoms with Crippen LogP contribution < -0.4 is 5.32 Å². The molecule has 0 heterocycles. The van der Waals surface area contributed by atoms with Gasteiger partial charge in [-0.1, -0.05) is 15.9 Å². The lowest BCUT2D eigenvalue weighted by Crippen LogP contribution is -2.12. The standard InChI is InChI=1S/C12H12BrF6N/c13-8-3-4-9(12(17,18)19)10(7-8)20-6-2-1-5-11(14,15)16/h3-4,7,20H,1-2,5-6H2. The number of benzene rings is 1. The fourth-order valence-corrected chi connectivity index (χ4v) is 1.94. The number of hydrogen-bond acceptors (Lipinski definition) is 1. The summed E-state index contributed by atoms with van der Waals surface area (Å²) in [7, 11) is 0. The number of unbranched alkanes of at least 4 members (excludes halogenated alkanes) is 1. The molecule has 0 aliphatic carbocycles. The van der Waals surface area contributed by atoms with E-state index in [0.717, 1.165) is 6.07 Å². The van der Waals surface area contributed by atoms with Crippen molar-refractivity contribution in [2.45, 2.75) is 31.6 Å². The van der Waals surface area contributed by atoms with Crippen LogP contribution in [0.4, 0.5) is 32.0 Å². The summed E-state index contributed by atoms with van der Waals surface area (Å²) in [6, 6.07) is 3.44. The second-order valence-electron chi connectivity index (χ2n) is 4.19. The molecular weight excluding hydrogens is 352 g/mol. The summed E-state index contributed by atoms with van der Waals surface area (Å²) >= 11 is 3.06. The first-order valence-corrected chi connectivity index (χ1v) is 6.56. The van der Waals surface area contributed by atoms with Gasteiger partial charge in [0.25, 0.3) is 0 Å². The fraction of sp³-hybridized carbons (Fsp3) is 0.500. The minimum Gasteiger partial charge on any atom is -0.385 e. The molecule has 20 heavy (non-hydrogen) atoms. The molecule has 1 rings (SSSR count). The Kier molecular flexibility index (Phi) is 5.73. The summed E-state index contributed by atoms with van der Waals surface area (Å²) in [6.07, 6.45) is -9.64. The molecule has 0 spiro atoms. The second-order valence-corrected chi connectivity index (χ2v) is 5.10. The summed E-state index contributed by atoms with van der Waals surface area (Å²) < 4.78 is 74.3. The lowest BCUT2D eigenvalue weighted by Gasteiger charge is -2.15. The molecule has 8 heteroatoms. The van der Waals surface area contributed by atoms with Crippen molar-refractivity contribution in [3.05, 3.63) is 28.2 Å². The molecule has 0 saturated heterocycles. The van der Waals surface area contributed by atoms with Crippen molar-refractivity contribution in [2.75, 3.05) is 11.9 Å². The van der Waals surface area contributed by atoms with E-state index in [2.05, 4.69) is 21.2 Å². The summed E-state index contributed by atoms with van der Waals surface area (Å²) in [5.41, 5.74) is -0.976. The Hall–Kier alpha value is -0.920. The second kappa shape index (κ2) is 6.69. The number of rotatable bonds is 5. The predicted octanol–water partition coefficient (Wildman–Crippen LogP) is 5.61. The van der Waals surface area contributed by atoms with Crippen molar-refractivity contribution in [1.29, 1.82) is 0 Å². The minimum atomic E-state index is -4.50.